The molecule has 4 aromatic rings. The van der Waals surface area contributed by atoms with E-state index in [0.29, 0.717) is 36.1 Å². The summed E-state index contributed by atoms with van der Waals surface area (Å²) >= 11 is 0. The quantitative estimate of drug-likeness (QED) is 0.295. The first-order valence-corrected chi connectivity index (χ1v) is 12.0. The molecule has 2 aromatic heterocycles. The molecule has 2 aromatic carbocycles. The van der Waals surface area contributed by atoms with Gasteiger partial charge in [-0.3, -0.25) is 4.90 Å². The Bertz CT molecular complexity index is 1420. The van der Waals surface area contributed by atoms with Gasteiger partial charge in [0.15, 0.2) is 11.9 Å². The molecule has 0 bridgehead atoms. The smallest absolute Gasteiger partial charge is 0.325 e. The van der Waals surface area contributed by atoms with Gasteiger partial charge in [-0.05, 0) is 23.3 Å². The fourth-order valence-corrected chi connectivity index (χ4v) is 4.05. The van der Waals surface area contributed by atoms with E-state index in [1.165, 1.54) is 6.26 Å². The number of hydrogen-bond donors (Lipinski definition) is 0. The summed E-state index contributed by atoms with van der Waals surface area (Å²) in [6.07, 6.45) is 4.82. The van der Waals surface area contributed by atoms with Crippen LogP contribution in [0.3, 0.4) is 0 Å². The molecule has 2 aliphatic heterocycles. The molecular formula is C28H24N4O6. The predicted octanol–water partition coefficient (Wildman–Crippen LogP) is 4.78. The van der Waals surface area contributed by atoms with Crippen LogP contribution in [-0.4, -0.2) is 34.9 Å². The van der Waals surface area contributed by atoms with E-state index in [2.05, 4.69) is 15.2 Å². The van der Waals surface area contributed by atoms with Gasteiger partial charge in [-0.1, -0.05) is 65.8 Å². The molecule has 0 aliphatic carbocycles. The molecule has 1 unspecified atom stereocenters. The van der Waals surface area contributed by atoms with Crippen molar-refractivity contribution in [3.8, 4) is 17.3 Å². The predicted molar refractivity (Wildman–Crippen MR) is 135 cm³/mol. The maximum Gasteiger partial charge on any atom is 0.325 e. The molecule has 38 heavy (non-hydrogen) atoms. The van der Waals surface area contributed by atoms with Gasteiger partial charge in [0.1, 0.15) is 18.1 Å². The lowest BCUT2D eigenvalue weighted by atomic mass is 10.1. The number of anilines is 1. The number of rotatable bonds is 10. The zero-order valence-electron chi connectivity index (χ0n) is 20.3. The summed E-state index contributed by atoms with van der Waals surface area (Å²) in [4.78, 5) is 6.22. The highest BCUT2D eigenvalue weighted by molar-refractivity contribution is 5.60. The van der Waals surface area contributed by atoms with Gasteiger partial charge in [0.25, 0.3) is 5.89 Å². The van der Waals surface area contributed by atoms with E-state index in [1.54, 1.807) is 23.4 Å². The molecular weight excluding hydrogens is 488 g/mol. The van der Waals surface area contributed by atoms with Gasteiger partial charge >= 0.3 is 6.01 Å². The van der Waals surface area contributed by atoms with Crippen molar-refractivity contribution < 1.29 is 28.1 Å². The Morgan fingerprint density at radius 1 is 0.816 bits per heavy atom. The van der Waals surface area contributed by atoms with Gasteiger partial charge in [0, 0.05) is 12.6 Å². The molecule has 0 saturated heterocycles. The minimum atomic E-state index is -0.472. The van der Waals surface area contributed by atoms with Crippen LogP contribution in [0.1, 0.15) is 11.1 Å². The topological polar surface area (TPSA) is 101 Å². The standard InChI is InChI=1S/C28H24N4O6/c1-3-8-20(9-4-1)14-23(24-16-33-18-35-24)37-26-22(12-7-13-29-26)27-30-31-28(38-27)32(25-17-34-19-36-25)15-21-10-5-2-6-11-21/h1-13,16-17,23H,14-15,18-19H2. The molecule has 10 heteroatoms. The second-order valence-electron chi connectivity index (χ2n) is 8.45. The number of pyridine rings is 1. The first-order chi connectivity index (χ1) is 18.8. The van der Waals surface area contributed by atoms with Gasteiger partial charge in [0.05, 0.1) is 6.54 Å². The van der Waals surface area contributed by atoms with Crippen molar-refractivity contribution in [3.05, 3.63) is 114 Å². The van der Waals surface area contributed by atoms with Crippen LogP contribution in [-0.2, 0) is 31.9 Å². The molecule has 6 rings (SSSR count). The van der Waals surface area contributed by atoms with Crippen LogP contribution in [0, 0.1) is 0 Å². The number of benzene rings is 2. The van der Waals surface area contributed by atoms with E-state index in [9.17, 15) is 0 Å². The zero-order chi connectivity index (χ0) is 25.6. The normalized spacial score (nSPS) is 14.8. The summed E-state index contributed by atoms with van der Waals surface area (Å²) in [6.45, 7) is 0.705. The Morgan fingerprint density at radius 2 is 1.58 bits per heavy atom. The molecule has 1 atom stereocenters. The van der Waals surface area contributed by atoms with Crippen LogP contribution < -0.4 is 9.64 Å². The zero-order valence-corrected chi connectivity index (χ0v) is 20.3. The molecule has 0 saturated carbocycles. The number of ether oxygens (including phenoxy) is 5. The van der Waals surface area contributed by atoms with Gasteiger partial charge in [-0.25, -0.2) is 4.98 Å². The molecule has 0 fully saturated rings. The largest absolute Gasteiger partial charge is 0.465 e. The van der Waals surface area contributed by atoms with Crippen LogP contribution in [0.4, 0.5) is 6.01 Å². The van der Waals surface area contributed by atoms with E-state index < -0.39 is 6.10 Å². The highest BCUT2D eigenvalue weighted by Gasteiger charge is 2.28. The second-order valence-corrected chi connectivity index (χ2v) is 8.45. The van der Waals surface area contributed by atoms with Gasteiger partial charge < -0.3 is 28.1 Å². The average Bonchev–Trinajstić information content (AvgIpc) is 3.76. The van der Waals surface area contributed by atoms with Crippen molar-refractivity contribution >= 4 is 6.01 Å². The minimum Gasteiger partial charge on any atom is -0.465 e. The van der Waals surface area contributed by atoms with Crippen molar-refractivity contribution in [2.24, 2.45) is 0 Å². The van der Waals surface area contributed by atoms with E-state index in [-0.39, 0.29) is 25.5 Å². The van der Waals surface area contributed by atoms with Crippen LogP contribution in [0.2, 0.25) is 0 Å². The molecule has 10 nitrogen and oxygen atoms in total. The van der Waals surface area contributed by atoms with Crippen molar-refractivity contribution in [3.63, 3.8) is 0 Å². The number of hydrogen-bond acceptors (Lipinski definition) is 10. The Balaban J connectivity index is 1.28. The Morgan fingerprint density at radius 3 is 2.32 bits per heavy atom. The summed E-state index contributed by atoms with van der Waals surface area (Å²) in [7, 11) is 0. The Hall–Kier alpha value is -4.99. The molecule has 0 N–H and O–H groups in total. The SMILES string of the molecule is C1=C(C(Cc2ccccc2)Oc2ncccc2-c2nnc(N(Cc3ccccc3)C3=COCO3)o2)OCO1. The molecule has 0 spiro atoms. The Labute approximate surface area is 218 Å². The lowest BCUT2D eigenvalue weighted by Gasteiger charge is -2.20. The van der Waals surface area contributed by atoms with E-state index in [0.717, 1.165) is 11.1 Å². The fraction of sp³-hybridized carbons (Fsp3) is 0.179. The molecule has 4 heterocycles. The first kappa shape index (κ1) is 23.4. The van der Waals surface area contributed by atoms with Crippen molar-refractivity contribution in [2.45, 2.75) is 19.1 Å². The van der Waals surface area contributed by atoms with Gasteiger partial charge in [0.2, 0.25) is 25.3 Å². The minimum absolute atomic E-state index is 0.118. The Kier molecular flexibility index (Phi) is 6.75. The maximum atomic E-state index is 6.37. The maximum absolute atomic E-state index is 6.37. The lowest BCUT2D eigenvalue weighted by Crippen LogP contribution is -2.23. The second kappa shape index (κ2) is 11.0. The van der Waals surface area contributed by atoms with Crippen molar-refractivity contribution in [1.29, 1.82) is 0 Å². The number of aromatic nitrogens is 3. The number of nitrogens with zero attached hydrogens (tertiary/aromatic N) is 4. The summed E-state index contributed by atoms with van der Waals surface area (Å²) in [6, 6.07) is 23.7. The highest BCUT2D eigenvalue weighted by atomic mass is 16.7. The monoisotopic (exact) mass is 512 g/mol. The van der Waals surface area contributed by atoms with E-state index in [4.69, 9.17) is 28.1 Å². The van der Waals surface area contributed by atoms with Crippen molar-refractivity contribution in [2.75, 3.05) is 18.5 Å². The van der Waals surface area contributed by atoms with Gasteiger partial charge in [-0.2, -0.15) is 0 Å². The summed E-state index contributed by atoms with van der Waals surface area (Å²) in [5.74, 6) is 1.63. The third-order valence-electron chi connectivity index (χ3n) is 5.88. The van der Waals surface area contributed by atoms with Crippen LogP contribution in [0.25, 0.3) is 11.5 Å². The lowest BCUT2D eigenvalue weighted by molar-refractivity contribution is 0.0549. The highest BCUT2D eigenvalue weighted by Crippen LogP contribution is 2.33. The van der Waals surface area contributed by atoms with Crippen LogP contribution >= 0.6 is 0 Å². The third kappa shape index (κ3) is 5.24. The summed E-state index contributed by atoms with van der Waals surface area (Å²) in [5.41, 5.74) is 2.65. The van der Waals surface area contributed by atoms with Crippen LogP contribution in [0.15, 0.2) is 108 Å². The third-order valence-corrected chi connectivity index (χ3v) is 5.88. The van der Waals surface area contributed by atoms with E-state index >= 15 is 0 Å². The van der Waals surface area contributed by atoms with Gasteiger partial charge in [-0.15, -0.1) is 5.10 Å². The summed E-state index contributed by atoms with van der Waals surface area (Å²) < 4.78 is 34.3. The van der Waals surface area contributed by atoms with E-state index in [1.807, 2.05) is 66.7 Å². The van der Waals surface area contributed by atoms with Crippen LogP contribution in [0.5, 0.6) is 5.88 Å². The molecule has 2 aliphatic rings. The molecule has 192 valence electrons. The average molecular weight is 513 g/mol. The first-order valence-electron chi connectivity index (χ1n) is 12.0. The fourth-order valence-electron chi connectivity index (χ4n) is 4.05. The molecule has 0 amide bonds. The summed E-state index contributed by atoms with van der Waals surface area (Å²) in [5, 5.41) is 8.59. The van der Waals surface area contributed by atoms with Crippen molar-refractivity contribution in [1.82, 2.24) is 15.2 Å². The molecule has 0 radical (unpaired) electrons.